The molecule has 6 rings (SSSR count). The summed E-state index contributed by atoms with van der Waals surface area (Å²) in [6, 6.07) is 31.6. The van der Waals surface area contributed by atoms with Gasteiger partial charge in [-0.1, -0.05) is 85.8 Å². The number of benzene rings is 4. The third-order valence-corrected chi connectivity index (χ3v) is 8.81. The van der Waals surface area contributed by atoms with Gasteiger partial charge in [-0.25, -0.2) is 4.39 Å². The molecule has 4 aromatic carbocycles. The molecule has 0 bridgehead atoms. The number of hydrogen-bond donors (Lipinski definition) is 1. The standard InChI is InChI=1S/C39H38FN3O4/c1-3-32(27-10-6-4-7-11-27)36(28-12-8-5-9-13-28)29-14-16-31(17-15-29)47-21-20-42(2)24-26-22-30-25-43(39(46)37(30)33(40)23-26)34-18-19-35(44)41-38(34)45/h4-17,22-23,34H,3,18-21,24-25H2,1-2H3,(H,41,44,45). The molecule has 0 aliphatic carbocycles. The van der Waals surface area contributed by atoms with Crippen LogP contribution in [0.3, 0.4) is 0 Å². The average molecular weight is 632 g/mol. The van der Waals surface area contributed by atoms with Crippen LogP contribution in [0.15, 0.2) is 97.1 Å². The number of hydrogen-bond acceptors (Lipinski definition) is 5. The van der Waals surface area contributed by atoms with Gasteiger partial charge in [-0.15, -0.1) is 0 Å². The summed E-state index contributed by atoms with van der Waals surface area (Å²) in [5.74, 6) is -1.20. The fourth-order valence-corrected chi connectivity index (χ4v) is 6.52. The highest BCUT2D eigenvalue weighted by Crippen LogP contribution is 2.35. The number of rotatable bonds is 11. The van der Waals surface area contributed by atoms with Gasteiger partial charge in [-0.3, -0.25) is 24.6 Å². The smallest absolute Gasteiger partial charge is 0.258 e. The Hall–Kier alpha value is -5.08. The summed E-state index contributed by atoms with van der Waals surface area (Å²) in [4.78, 5) is 40.3. The molecule has 2 aliphatic rings. The maximum atomic E-state index is 15.1. The number of nitrogens with one attached hydrogen (secondary N) is 1. The van der Waals surface area contributed by atoms with E-state index in [0.717, 1.165) is 23.3 Å². The van der Waals surface area contributed by atoms with E-state index in [9.17, 15) is 14.4 Å². The van der Waals surface area contributed by atoms with Crippen LogP contribution in [-0.2, 0) is 22.7 Å². The third kappa shape index (κ3) is 7.03. The quantitative estimate of drug-likeness (QED) is 0.152. The fourth-order valence-electron chi connectivity index (χ4n) is 6.52. The Morgan fingerprint density at radius 2 is 1.57 bits per heavy atom. The molecule has 1 fully saturated rings. The molecule has 0 radical (unpaired) electrons. The van der Waals surface area contributed by atoms with Crippen molar-refractivity contribution in [1.82, 2.24) is 15.1 Å². The van der Waals surface area contributed by atoms with E-state index in [2.05, 4.69) is 72.9 Å². The minimum Gasteiger partial charge on any atom is -0.492 e. The molecule has 2 heterocycles. The van der Waals surface area contributed by atoms with Gasteiger partial charge < -0.3 is 9.64 Å². The summed E-state index contributed by atoms with van der Waals surface area (Å²) in [6.07, 6.45) is 1.28. The zero-order chi connectivity index (χ0) is 32.9. The molecule has 0 spiro atoms. The molecule has 1 N–H and O–H groups in total. The van der Waals surface area contributed by atoms with E-state index in [1.165, 1.54) is 33.2 Å². The Morgan fingerprint density at radius 1 is 0.915 bits per heavy atom. The highest BCUT2D eigenvalue weighted by atomic mass is 19.1. The number of piperidine rings is 1. The maximum Gasteiger partial charge on any atom is 0.258 e. The Labute approximate surface area is 274 Å². The maximum absolute atomic E-state index is 15.1. The molecule has 8 heteroatoms. The Morgan fingerprint density at radius 3 is 2.23 bits per heavy atom. The molecule has 1 saturated heterocycles. The van der Waals surface area contributed by atoms with E-state index in [1.807, 2.05) is 42.3 Å². The first-order chi connectivity index (χ1) is 22.8. The minimum absolute atomic E-state index is 0.00739. The zero-order valence-corrected chi connectivity index (χ0v) is 26.7. The van der Waals surface area contributed by atoms with Crippen molar-refractivity contribution in [2.75, 3.05) is 20.2 Å². The highest BCUT2D eigenvalue weighted by molar-refractivity contribution is 6.05. The number of ether oxygens (including phenoxy) is 1. The lowest BCUT2D eigenvalue weighted by Gasteiger charge is -2.29. The summed E-state index contributed by atoms with van der Waals surface area (Å²) in [6.45, 7) is 3.83. The first kappa shape index (κ1) is 31.9. The van der Waals surface area contributed by atoms with Crippen LogP contribution >= 0.6 is 0 Å². The molecule has 240 valence electrons. The van der Waals surface area contributed by atoms with E-state index < -0.39 is 23.7 Å². The summed E-state index contributed by atoms with van der Waals surface area (Å²) in [5, 5.41) is 2.28. The van der Waals surface area contributed by atoms with Crippen LogP contribution in [0.1, 0.15) is 64.4 Å². The number of likely N-dealkylation sites (N-methyl/N-ethyl adjacent to an activating group) is 1. The van der Waals surface area contributed by atoms with Crippen molar-refractivity contribution in [3.8, 4) is 5.75 Å². The van der Waals surface area contributed by atoms with Gasteiger partial charge in [-0.05, 0) is 77.1 Å². The van der Waals surface area contributed by atoms with Crippen molar-refractivity contribution in [2.24, 2.45) is 0 Å². The SMILES string of the molecule is CCC(=C(c1ccccc1)c1ccc(OCCN(C)Cc2cc(F)c3c(c2)CN(C2CCC(=O)NC2=O)C3=O)cc1)c1ccccc1. The van der Waals surface area contributed by atoms with E-state index in [0.29, 0.717) is 25.3 Å². The number of allylic oxidation sites excluding steroid dienone is 1. The minimum atomic E-state index is -0.775. The van der Waals surface area contributed by atoms with Gasteiger partial charge in [0.2, 0.25) is 11.8 Å². The molecule has 2 aliphatic heterocycles. The highest BCUT2D eigenvalue weighted by Gasteiger charge is 2.40. The van der Waals surface area contributed by atoms with Crippen LogP contribution in [0.5, 0.6) is 5.75 Å². The van der Waals surface area contributed by atoms with Gasteiger partial charge in [-0.2, -0.15) is 0 Å². The van der Waals surface area contributed by atoms with Crippen molar-refractivity contribution < 1.29 is 23.5 Å². The number of fused-ring (bicyclic) bond motifs is 1. The number of carbonyl (C=O) groups is 3. The first-order valence-corrected chi connectivity index (χ1v) is 16.0. The third-order valence-electron chi connectivity index (χ3n) is 8.81. The van der Waals surface area contributed by atoms with Crippen molar-refractivity contribution in [3.05, 3.63) is 136 Å². The molecule has 1 atom stereocenters. The van der Waals surface area contributed by atoms with Gasteiger partial charge in [0.1, 0.15) is 24.2 Å². The van der Waals surface area contributed by atoms with Crippen LogP contribution in [0, 0.1) is 5.82 Å². The number of amides is 3. The Bertz CT molecular complexity index is 1810. The number of halogens is 1. The second kappa shape index (κ2) is 14.1. The number of carbonyl (C=O) groups excluding carboxylic acids is 3. The molecule has 47 heavy (non-hydrogen) atoms. The van der Waals surface area contributed by atoms with Crippen LogP contribution in [0.25, 0.3) is 11.1 Å². The summed E-state index contributed by atoms with van der Waals surface area (Å²) in [7, 11) is 1.94. The van der Waals surface area contributed by atoms with Crippen molar-refractivity contribution in [3.63, 3.8) is 0 Å². The molecule has 3 amide bonds. The summed E-state index contributed by atoms with van der Waals surface area (Å²) < 4.78 is 21.2. The predicted octanol–water partition coefficient (Wildman–Crippen LogP) is 6.47. The van der Waals surface area contributed by atoms with Gasteiger partial charge >= 0.3 is 0 Å². The lowest BCUT2D eigenvalue weighted by atomic mass is 9.88. The van der Waals surface area contributed by atoms with E-state index >= 15 is 4.39 Å². The van der Waals surface area contributed by atoms with Crippen LogP contribution in [-0.4, -0.2) is 53.8 Å². The average Bonchev–Trinajstić information content (AvgIpc) is 3.40. The van der Waals surface area contributed by atoms with Crippen LogP contribution in [0.2, 0.25) is 0 Å². The van der Waals surface area contributed by atoms with Crippen molar-refractivity contribution in [2.45, 2.75) is 45.3 Å². The molecular formula is C39H38FN3O4. The molecule has 1 unspecified atom stereocenters. The first-order valence-electron chi connectivity index (χ1n) is 16.0. The Balaban J connectivity index is 1.09. The van der Waals surface area contributed by atoms with Gasteiger partial charge in [0.15, 0.2) is 0 Å². The molecular weight excluding hydrogens is 593 g/mol. The van der Waals surface area contributed by atoms with Gasteiger partial charge in [0.05, 0.1) is 5.56 Å². The molecule has 0 aromatic heterocycles. The monoisotopic (exact) mass is 631 g/mol. The lowest BCUT2D eigenvalue weighted by molar-refractivity contribution is -0.136. The van der Waals surface area contributed by atoms with E-state index in [-0.39, 0.29) is 30.9 Å². The second-order valence-electron chi connectivity index (χ2n) is 12.1. The lowest BCUT2D eigenvalue weighted by Crippen LogP contribution is -2.52. The fraction of sp³-hybridized carbons (Fsp3) is 0.256. The normalized spacial score (nSPS) is 16.6. The molecule has 0 saturated carbocycles. The van der Waals surface area contributed by atoms with Gasteiger partial charge in [0, 0.05) is 26.1 Å². The zero-order valence-electron chi connectivity index (χ0n) is 26.7. The molecule has 7 nitrogen and oxygen atoms in total. The number of imide groups is 1. The largest absolute Gasteiger partial charge is 0.492 e. The summed E-state index contributed by atoms with van der Waals surface area (Å²) >= 11 is 0. The predicted molar refractivity (Wildman–Crippen MR) is 180 cm³/mol. The molecule has 4 aromatic rings. The number of nitrogens with zero attached hydrogens (tertiary/aromatic N) is 2. The second-order valence-corrected chi connectivity index (χ2v) is 12.1. The van der Waals surface area contributed by atoms with Crippen LogP contribution in [0.4, 0.5) is 4.39 Å². The van der Waals surface area contributed by atoms with Crippen molar-refractivity contribution >= 4 is 28.9 Å². The van der Waals surface area contributed by atoms with E-state index in [1.54, 1.807) is 0 Å². The topological polar surface area (TPSA) is 79.0 Å². The summed E-state index contributed by atoms with van der Waals surface area (Å²) in [5.41, 5.74) is 7.27. The van der Waals surface area contributed by atoms with Gasteiger partial charge in [0.25, 0.3) is 5.91 Å². The Kier molecular flexibility index (Phi) is 9.59. The van der Waals surface area contributed by atoms with Crippen molar-refractivity contribution in [1.29, 1.82) is 0 Å². The van der Waals surface area contributed by atoms with Crippen LogP contribution < -0.4 is 10.1 Å². The van der Waals surface area contributed by atoms with E-state index in [4.69, 9.17) is 4.74 Å².